The Balaban J connectivity index is 1.94. The normalized spacial score (nSPS) is 12.0. The zero-order valence-electron chi connectivity index (χ0n) is 14.4. The van der Waals surface area contributed by atoms with Crippen molar-refractivity contribution in [1.82, 2.24) is 4.72 Å². The second kappa shape index (κ2) is 8.01. The molecule has 130 valence electrons. The minimum Gasteiger partial charge on any atom is -0.207 e. The number of benzene rings is 3. The third kappa shape index (κ3) is 4.60. The molecule has 3 rings (SSSR count). The highest BCUT2D eigenvalue weighted by molar-refractivity contribution is 7.89. The molecule has 0 heterocycles. The number of sulfonamides is 1. The minimum atomic E-state index is -3.68. The van der Waals surface area contributed by atoms with Crippen LogP contribution >= 0.6 is 0 Å². The first kappa shape index (κ1) is 17.9. The van der Waals surface area contributed by atoms with Crippen LogP contribution in [-0.4, -0.2) is 8.42 Å². The Morgan fingerprint density at radius 3 is 2.00 bits per heavy atom. The average Bonchev–Trinajstić information content (AvgIpc) is 2.67. The summed E-state index contributed by atoms with van der Waals surface area (Å²) in [5.74, 6) is 6.10. The first-order chi connectivity index (χ1) is 12.5. The SMILES string of the molecule is Cc1ccc(S(=O)(=O)N[C@H](C#Cc2ccccc2)c2ccccc2)cc1. The highest BCUT2D eigenvalue weighted by atomic mass is 32.2. The molecule has 0 amide bonds. The molecule has 0 bridgehead atoms. The van der Waals surface area contributed by atoms with Gasteiger partial charge in [-0.3, -0.25) is 0 Å². The van der Waals surface area contributed by atoms with Gasteiger partial charge in [-0.25, -0.2) is 8.42 Å². The molecule has 1 atom stereocenters. The first-order valence-corrected chi connectivity index (χ1v) is 9.73. The Kier molecular flexibility index (Phi) is 5.52. The highest BCUT2D eigenvalue weighted by Gasteiger charge is 2.19. The van der Waals surface area contributed by atoms with E-state index < -0.39 is 16.1 Å². The van der Waals surface area contributed by atoms with Gasteiger partial charge in [0.1, 0.15) is 6.04 Å². The van der Waals surface area contributed by atoms with E-state index in [0.29, 0.717) is 0 Å². The number of rotatable bonds is 4. The van der Waals surface area contributed by atoms with E-state index in [9.17, 15) is 8.42 Å². The molecule has 0 aliphatic rings. The van der Waals surface area contributed by atoms with Crippen LogP contribution in [0.15, 0.2) is 89.8 Å². The van der Waals surface area contributed by atoms with Crippen LogP contribution in [0.1, 0.15) is 22.7 Å². The van der Waals surface area contributed by atoms with Gasteiger partial charge < -0.3 is 0 Å². The van der Waals surface area contributed by atoms with E-state index in [-0.39, 0.29) is 4.90 Å². The van der Waals surface area contributed by atoms with Gasteiger partial charge in [0.15, 0.2) is 0 Å². The molecule has 4 heteroatoms. The van der Waals surface area contributed by atoms with Crippen molar-refractivity contribution in [2.75, 3.05) is 0 Å². The molecule has 0 saturated heterocycles. The second-order valence-corrected chi connectivity index (χ2v) is 7.63. The maximum atomic E-state index is 12.8. The van der Waals surface area contributed by atoms with Gasteiger partial charge in [0, 0.05) is 5.56 Å². The van der Waals surface area contributed by atoms with Gasteiger partial charge >= 0.3 is 0 Å². The Morgan fingerprint density at radius 2 is 1.38 bits per heavy atom. The van der Waals surface area contributed by atoms with Gasteiger partial charge in [0.25, 0.3) is 0 Å². The fourth-order valence-corrected chi connectivity index (χ4v) is 3.58. The number of aryl methyl sites for hydroxylation is 1. The van der Waals surface area contributed by atoms with E-state index in [0.717, 1.165) is 16.7 Å². The number of hydrogen-bond donors (Lipinski definition) is 1. The summed E-state index contributed by atoms with van der Waals surface area (Å²) in [6.07, 6.45) is 0. The van der Waals surface area contributed by atoms with E-state index >= 15 is 0 Å². The molecule has 3 nitrogen and oxygen atoms in total. The summed E-state index contributed by atoms with van der Waals surface area (Å²) >= 11 is 0. The lowest BCUT2D eigenvalue weighted by atomic mass is 10.1. The maximum absolute atomic E-state index is 12.8. The Hall–Kier alpha value is -2.87. The largest absolute Gasteiger partial charge is 0.241 e. The van der Waals surface area contributed by atoms with Crippen molar-refractivity contribution in [2.24, 2.45) is 0 Å². The van der Waals surface area contributed by atoms with Crippen molar-refractivity contribution < 1.29 is 8.42 Å². The Morgan fingerprint density at radius 1 is 0.808 bits per heavy atom. The van der Waals surface area contributed by atoms with Crippen LogP contribution in [0.3, 0.4) is 0 Å². The van der Waals surface area contributed by atoms with E-state index in [1.165, 1.54) is 0 Å². The van der Waals surface area contributed by atoms with E-state index in [2.05, 4.69) is 16.6 Å². The maximum Gasteiger partial charge on any atom is 0.241 e. The molecule has 0 aliphatic heterocycles. The molecule has 26 heavy (non-hydrogen) atoms. The van der Waals surface area contributed by atoms with Crippen LogP contribution in [-0.2, 0) is 10.0 Å². The summed E-state index contributed by atoms with van der Waals surface area (Å²) in [4.78, 5) is 0.227. The quantitative estimate of drug-likeness (QED) is 0.712. The smallest absolute Gasteiger partial charge is 0.207 e. The molecule has 0 unspecified atom stereocenters. The summed E-state index contributed by atoms with van der Waals surface area (Å²) < 4.78 is 28.2. The standard InChI is InChI=1S/C22H19NO2S/c1-18-12-15-21(16-13-18)26(24,25)23-22(20-10-6-3-7-11-20)17-14-19-8-4-2-5-9-19/h2-13,15-16,22-23H,1H3/t22-/m1/s1. The summed E-state index contributed by atoms with van der Waals surface area (Å²) in [5, 5.41) is 0. The molecule has 0 aromatic heterocycles. The molecule has 0 aliphatic carbocycles. The van der Waals surface area contributed by atoms with Crippen LogP contribution in [0, 0.1) is 18.8 Å². The lowest BCUT2D eigenvalue weighted by molar-refractivity contribution is 0.576. The summed E-state index contributed by atoms with van der Waals surface area (Å²) in [5.41, 5.74) is 2.64. The van der Waals surface area contributed by atoms with Crippen LogP contribution in [0.2, 0.25) is 0 Å². The summed E-state index contributed by atoms with van der Waals surface area (Å²) in [7, 11) is -3.68. The molecule has 1 N–H and O–H groups in total. The monoisotopic (exact) mass is 361 g/mol. The van der Waals surface area contributed by atoms with Crippen molar-refractivity contribution in [3.8, 4) is 11.8 Å². The van der Waals surface area contributed by atoms with Crippen LogP contribution < -0.4 is 4.72 Å². The molecular formula is C22H19NO2S. The first-order valence-electron chi connectivity index (χ1n) is 8.25. The number of nitrogens with one attached hydrogen (secondary N) is 1. The van der Waals surface area contributed by atoms with Crippen molar-refractivity contribution in [3.05, 3.63) is 102 Å². The van der Waals surface area contributed by atoms with E-state index in [1.807, 2.05) is 67.6 Å². The zero-order valence-corrected chi connectivity index (χ0v) is 15.2. The van der Waals surface area contributed by atoms with Crippen LogP contribution in [0.4, 0.5) is 0 Å². The molecular weight excluding hydrogens is 342 g/mol. The highest BCUT2D eigenvalue weighted by Crippen LogP contribution is 2.17. The molecule has 0 fully saturated rings. The van der Waals surface area contributed by atoms with Crippen molar-refractivity contribution in [2.45, 2.75) is 17.9 Å². The van der Waals surface area contributed by atoms with Crippen molar-refractivity contribution in [3.63, 3.8) is 0 Å². The lowest BCUT2D eigenvalue weighted by Crippen LogP contribution is -2.28. The predicted molar refractivity (Wildman–Crippen MR) is 104 cm³/mol. The lowest BCUT2D eigenvalue weighted by Gasteiger charge is -2.14. The third-order valence-electron chi connectivity index (χ3n) is 3.87. The van der Waals surface area contributed by atoms with Gasteiger partial charge in [0.2, 0.25) is 10.0 Å². The van der Waals surface area contributed by atoms with Gasteiger partial charge in [-0.15, -0.1) is 0 Å². The summed E-state index contributed by atoms with van der Waals surface area (Å²) in [6.45, 7) is 1.92. The Bertz CT molecular complexity index is 1020. The summed E-state index contributed by atoms with van der Waals surface area (Å²) in [6, 6.07) is 25.0. The molecule has 0 radical (unpaired) electrons. The topological polar surface area (TPSA) is 46.2 Å². The van der Waals surface area contributed by atoms with Gasteiger partial charge in [0.05, 0.1) is 4.90 Å². The molecule has 3 aromatic carbocycles. The van der Waals surface area contributed by atoms with Gasteiger partial charge in [-0.1, -0.05) is 78.1 Å². The zero-order chi connectivity index (χ0) is 18.4. The number of hydrogen-bond acceptors (Lipinski definition) is 2. The minimum absolute atomic E-state index is 0.227. The predicted octanol–water partition coefficient (Wildman–Crippen LogP) is 4.07. The fourth-order valence-electron chi connectivity index (χ4n) is 2.44. The molecule has 3 aromatic rings. The average molecular weight is 361 g/mol. The van der Waals surface area contributed by atoms with Gasteiger partial charge in [-0.05, 0) is 36.8 Å². The van der Waals surface area contributed by atoms with E-state index in [4.69, 9.17) is 0 Å². The molecule has 0 spiro atoms. The van der Waals surface area contributed by atoms with Crippen molar-refractivity contribution >= 4 is 10.0 Å². The van der Waals surface area contributed by atoms with Crippen LogP contribution in [0.25, 0.3) is 0 Å². The van der Waals surface area contributed by atoms with E-state index in [1.54, 1.807) is 24.3 Å². The Labute approximate surface area is 154 Å². The molecule has 0 saturated carbocycles. The third-order valence-corrected chi connectivity index (χ3v) is 5.31. The van der Waals surface area contributed by atoms with Crippen LogP contribution in [0.5, 0.6) is 0 Å². The van der Waals surface area contributed by atoms with Crippen molar-refractivity contribution in [1.29, 1.82) is 0 Å². The fraction of sp³-hybridized carbons (Fsp3) is 0.0909. The second-order valence-electron chi connectivity index (χ2n) is 5.91. The van der Waals surface area contributed by atoms with Gasteiger partial charge in [-0.2, -0.15) is 4.72 Å².